The largest absolute Gasteiger partial charge is 0.322 e. The van der Waals surface area contributed by atoms with Crippen LogP contribution in [0.2, 0.25) is 10.0 Å². The normalized spacial score (nSPS) is 11.1. The van der Waals surface area contributed by atoms with E-state index in [9.17, 15) is 9.59 Å². The second kappa shape index (κ2) is 9.37. The molecule has 3 aromatic rings. The van der Waals surface area contributed by atoms with Crippen molar-refractivity contribution in [1.82, 2.24) is 5.43 Å². The van der Waals surface area contributed by atoms with E-state index in [1.165, 1.54) is 0 Å². The fourth-order valence-corrected chi connectivity index (χ4v) is 2.97. The fourth-order valence-electron chi connectivity index (χ4n) is 2.56. The van der Waals surface area contributed by atoms with Gasteiger partial charge in [0.15, 0.2) is 0 Å². The average Bonchev–Trinajstić information content (AvgIpc) is 2.72. The third kappa shape index (κ3) is 5.44. The van der Waals surface area contributed by atoms with Crippen LogP contribution in [0.25, 0.3) is 0 Å². The number of hydrogen-bond donors (Lipinski definition) is 2. The molecule has 0 fully saturated rings. The zero-order valence-corrected chi connectivity index (χ0v) is 17.0. The molecule has 3 rings (SSSR count). The van der Waals surface area contributed by atoms with Crippen molar-refractivity contribution >= 4 is 46.4 Å². The van der Waals surface area contributed by atoms with Crippen molar-refractivity contribution in [2.24, 2.45) is 5.10 Å². The first kappa shape index (κ1) is 20.6. The van der Waals surface area contributed by atoms with Crippen molar-refractivity contribution in [2.75, 3.05) is 5.32 Å². The topological polar surface area (TPSA) is 70.6 Å². The van der Waals surface area contributed by atoms with Crippen molar-refractivity contribution < 1.29 is 9.59 Å². The molecule has 2 amide bonds. The van der Waals surface area contributed by atoms with Gasteiger partial charge in [0.2, 0.25) is 0 Å². The molecule has 0 aliphatic heterocycles. The third-order valence-corrected chi connectivity index (χ3v) is 4.63. The molecular formula is C22H17Cl2N3O2. The number of carbonyl (C=O) groups excluding carboxylic acids is 2. The van der Waals surface area contributed by atoms with Gasteiger partial charge in [-0.15, -0.1) is 0 Å². The zero-order valence-electron chi connectivity index (χ0n) is 15.4. The van der Waals surface area contributed by atoms with Crippen LogP contribution >= 0.6 is 23.2 Å². The Hall–Kier alpha value is -3.15. The van der Waals surface area contributed by atoms with Crippen LogP contribution in [0.3, 0.4) is 0 Å². The highest BCUT2D eigenvalue weighted by atomic mass is 35.5. The highest BCUT2D eigenvalue weighted by Crippen LogP contribution is 2.16. The number of halogens is 2. The molecule has 0 aliphatic carbocycles. The Morgan fingerprint density at radius 1 is 0.828 bits per heavy atom. The lowest BCUT2D eigenvalue weighted by atomic mass is 10.1. The molecule has 2 N–H and O–H groups in total. The van der Waals surface area contributed by atoms with Gasteiger partial charge >= 0.3 is 0 Å². The van der Waals surface area contributed by atoms with E-state index < -0.39 is 5.91 Å². The smallest absolute Gasteiger partial charge is 0.272 e. The first-order chi connectivity index (χ1) is 13.9. The van der Waals surface area contributed by atoms with Crippen molar-refractivity contribution in [3.8, 4) is 0 Å². The predicted molar refractivity (Wildman–Crippen MR) is 117 cm³/mol. The monoisotopic (exact) mass is 425 g/mol. The zero-order chi connectivity index (χ0) is 20.8. The number of amides is 2. The van der Waals surface area contributed by atoms with E-state index in [0.717, 1.165) is 5.56 Å². The van der Waals surface area contributed by atoms with Crippen molar-refractivity contribution in [3.63, 3.8) is 0 Å². The van der Waals surface area contributed by atoms with Crippen molar-refractivity contribution in [2.45, 2.75) is 6.92 Å². The van der Waals surface area contributed by atoms with E-state index in [1.807, 2.05) is 6.07 Å². The van der Waals surface area contributed by atoms with E-state index in [-0.39, 0.29) is 5.91 Å². The minimum absolute atomic E-state index is 0.272. The summed E-state index contributed by atoms with van der Waals surface area (Å²) < 4.78 is 0. The Balaban J connectivity index is 1.71. The Morgan fingerprint density at radius 3 is 2.31 bits per heavy atom. The number of carbonyl (C=O) groups is 2. The molecule has 0 saturated heterocycles. The van der Waals surface area contributed by atoms with Gasteiger partial charge in [-0.25, -0.2) is 5.43 Å². The lowest BCUT2D eigenvalue weighted by Gasteiger charge is -2.08. The van der Waals surface area contributed by atoms with Crippen LogP contribution in [0.15, 0.2) is 77.9 Å². The third-order valence-electron chi connectivity index (χ3n) is 4.07. The molecule has 29 heavy (non-hydrogen) atoms. The van der Waals surface area contributed by atoms with Crippen LogP contribution in [0.1, 0.15) is 33.2 Å². The molecule has 146 valence electrons. The molecule has 0 unspecified atom stereocenters. The number of benzene rings is 3. The van der Waals surface area contributed by atoms with Crippen LogP contribution in [-0.4, -0.2) is 17.5 Å². The maximum absolute atomic E-state index is 12.4. The van der Waals surface area contributed by atoms with Gasteiger partial charge in [-0.05, 0) is 55.0 Å². The molecule has 0 aliphatic rings. The number of nitrogens with one attached hydrogen (secondary N) is 2. The van der Waals surface area contributed by atoms with E-state index >= 15 is 0 Å². The first-order valence-corrected chi connectivity index (χ1v) is 9.46. The molecular weight excluding hydrogens is 409 g/mol. The quantitative estimate of drug-likeness (QED) is 0.424. The SMILES string of the molecule is C/C(=N/NC(=O)c1ccccc1Cl)c1cccc(NC(=O)c2cccc(Cl)c2)c1. The maximum atomic E-state index is 12.4. The van der Waals surface area contributed by atoms with Crippen LogP contribution in [0.4, 0.5) is 5.69 Å². The van der Waals surface area contributed by atoms with Gasteiger partial charge in [-0.2, -0.15) is 5.10 Å². The van der Waals surface area contributed by atoms with Crippen LogP contribution in [-0.2, 0) is 0 Å². The Kier molecular flexibility index (Phi) is 6.65. The van der Waals surface area contributed by atoms with Gasteiger partial charge in [0.05, 0.1) is 16.3 Å². The summed E-state index contributed by atoms with van der Waals surface area (Å²) in [5, 5.41) is 7.79. The van der Waals surface area contributed by atoms with Crippen LogP contribution < -0.4 is 10.7 Å². The molecule has 0 spiro atoms. The van der Waals surface area contributed by atoms with Crippen molar-refractivity contribution in [1.29, 1.82) is 0 Å². The van der Waals surface area contributed by atoms with Crippen LogP contribution in [0.5, 0.6) is 0 Å². The molecule has 0 saturated carbocycles. The van der Waals surface area contributed by atoms with E-state index in [2.05, 4.69) is 15.8 Å². The second-order valence-electron chi connectivity index (χ2n) is 6.16. The lowest BCUT2D eigenvalue weighted by molar-refractivity contribution is 0.0954. The summed E-state index contributed by atoms with van der Waals surface area (Å²) in [5.74, 6) is -0.674. The van der Waals surface area contributed by atoms with Crippen LogP contribution in [0, 0.1) is 0 Å². The summed E-state index contributed by atoms with van der Waals surface area (Å²) in [6.07, 6.45) is 0. The van der Waals surface area contributed by atoms with Gasteiger partial charge in [0.1, 0.15) is 0 Å². The molecule has 0 aromatic heterocycles. The summed E-state index contributed by atoms with van der Waals surface area (Å²) in [7, 11) is 0. The first-order valence-electron chi connectivity index (χ1n) is 8.70. The number of rotatable bonds is 5. The molecule has 0 heterocycles. The van der Waals surface area contributed by atoms with Gasteiger partial charge < -0.3 is 5.32 Å². The molecule has 7 heteroatoms. The second-order valence-corrected chi connectivity index (χ2v) is 7.01. The minimum atomic E-state index is -0.402. The molecule has 3 aromatic carbocycles. The summed E-state index contributed by atoms with van der Waals surface area (Å²) in [6, 6.07) is 20.6. The summed E-state index contributed by atoms with van der Waals surface area (Å²) in [5.41, 5.74) is 5.21. The summed E-state index contributed by atoms with van der Waals surface area (Å²) >= 11 is 12.0. The minimum Gasteiger partial charge on any atom is -0.322 e. The van der Waals surface area contributed by atoms with Gasteiger partial charge in [-0.1, -0.05) is 53.5 Å². The highest BCUT2D eigenvalue weighted by Gasteiger charge is 2.10. The number of hydrazone groups is 1. The Bertz CT molecular complexity index is 1100. The Labute approximate surface area is 178 Å². The number of anilines is 1. The van der Waals surface area contributed by atoms with E-state index in [4.69, 9.17) is 23.2 Å². The molecule has 0 atom stereocenters. The van der Waals surface area contributed by atoms with Gasteiger partial charge in [-0.3, -0.25) is 9.59 Å². The maximum Gasteiger partial charge on any atom is 0.272 e. The standard InChI is InChI=1S/C22H17Cl2N3O2/c1-14(26-27-22(29)19-10-2-3-11-20(19)24)15-6-5-9-18(13-15)25-21(28)16-7-4-8-17(23)12-16/h2-13H,1H3,(H,25,28)(H,27,29)/b26-14-. The van der Waals surface area contributed by atoms with Crippen molar-refractivity contribution in [3.05, 3.63) is 99.5 Å². The summed E-state index contributed by atoms with van der Waals surface area (Å²) in [4.78, 5) is 24.6. The average molecular weight is 426 g/mol. The Morgan fingerprint density at radius 2 is 1.55 bits per heavy atom. The molecule has 5 nitrogen and oxygen atoms in total. The predicted octanol–water partition coefficient (Wildman–Crippen LogP) is 5.40. The number of nitrogens with zero attached hydrogens (tertiary/aromatic N) is 1. The van der Waals surface area contributed by atoms with E-state index in [1.54, 1.807) is 73.7 Å². The fraction of sp³-hybridized carbons (Fsp3) is 0.0455. The van der Waals surface area contributed by atoms with Gasteiger partial charge in [0, 0.05) is 16.3 Å². The van der Waals surface area contributed by atoms with Gasteiger partial charge in [0.25, 0.3) is 11.8 Å². The number of hydrogen-bond acceptors (Lipinski definition) is 3. The van der Waals surface area contributed by atoms with E-state index in [0.29, 0.717) is 32.6 Å². The lowest BCUT2D eigenvalue weighted by Crippen LogP contribution is -2.19. The molecule has 0 bridgehead atoms. The highest BCUT2D eigenvalue weighted by molar-refractivity contribution is 6.33. The summed E-state index contributed by atoms with van der Waals surface area (Å²) in [6.45, 7) is 1.75. The molecule has 0 radical (unpaired) electrons.